The summed E-state index contributed by atoms with van der Waals surface area (Å²) >= 11 is 0. The Morgan fingerprint density at radius 3 is 2.52 bits per heavy atom. The van der Waals surface area contributed by atoms with Gasteiger partial charge in [0.15, 0.2) is 0 Å². The van der Waals surface area contributed by atoms with Gasteiger partial charge in [-0.05, 0) is 37.6 Å². The van der Waals surface area contributed by atoms with Crippen LogP contribution in [0.2, 0.25) is 0 Å². The molecular formula is C19H23FN2O. The Bertz CT molecular complexity index is 640. The lowest BCUT2D eigenvalue weighted by molar-refractivity contribution is -0.122. The van der Waals surface area contributed by atoms with Crippen LogP contribution in [0, 0.1) is 12.7 Å². The zero-order valence-corrected chi connectivity index (χ0v) is 13.7. The Labute approximate surface area is 137 Å². The minimum atomic E-state index is -0.224. The lowest BCUT2D eigenvalue weighted by Gasteiger charge is -2.16. The Morgan fingerprint density at radius 2 is 1.83 bits per heavy atom. The highest BCUT2D eigenvalue weighted by atomic mass is 19.1. The van der Waals surface area contributed by atoms with E-state index in [1.165, 1.54) is 17.2 Å². The molecule has 0 heterocycles. The first kappa shape index (κ1) is 17.2. The van der Waals surface area contributed by atoms with Gasteiger partial charge in [0, 0.05) is 13.1 Å². The molecule has 122 valence electrons. The highest BCUT2D eigenvalue weighted by molar-refractivity contribution is 5.77. The summed E-state index contributed by atoms with van der Waals surface area (Å²) in [6.45, 7) is 3.54. The maximum atomic E-state index is 13.5. The second kappa shape index (κ2) is 8.44. The molecule has 0 aliphatic carbocycles. The Kier molecular flexibility index (Phi) is 6.29. The third-order valence-electron chi connectivity index (χ3n) is 3.66. The van der Waals surface area contributed by atoms with E-state index in [1.807, 2.05) is 11.9 Å². The summed E-state index contributed by atoms with van der Waals surface area (Å²) in [6.07, 6.45) is 0.500. The summed E-state index contributed by atoms with van der Waals surface area (Å²) < 4.78 is 13.5. The van der Waals surface area contributed by atoms with Crippen LogP contribution < -0.4 is 5.32 Å². The van der Waals surface area contributed by atoms with Crippen LogP contribution in [0.15, 0.2) is 48.5 Å². The predicted molar refractivity (Wildman–Crippen MR) is 90.6 cm³/mol. The van der Waals surface area contributed by atoms with Gasteiger partial charge in [-0.15, -0.1) is 0 Å². The standard InChI is InChI=1S/C19H23FN2O/c1-15-7-9-16(10-8-15)13-22(2)14-19(23)21-12-11-17-5-3-4-6-18(17)20/h3-10H,11-14H2,1-2H3,(H,21,23). The lowest BCUT2D eigenvalue weighted by atomic mass is 10.1. The van der Waals surface area contributed by atoms with Crippen molar-refractivity contribution in [1.82, 2.24) is 10.2 Å². The second-order valence-electron chi connectivity index (χ2n) is 5.85. The largest absolute Gasteiger partial charge is 0.355 e. The van der Waals surface area contributed by atoms with E-state index < -0.39 is 0 Å². The fraction of sp³-hybridized carbons (Fsp3) is 0.316. The molecule has 1 N–H and O–H groups in total. The molecule has 4 heteroatoms. The SMILES string of the molecule is Cc1ccc(CN(C)CC(=O)NCCc2ccccc2F)cc1. The molecule has 0 aliphatic rings. The number of carbonyl (C=O) groups is 1. The first-order valence-electron chi connectivity index (χ1n) is 7.79. The van der Waals surface area contributed by atoms with Gasteiger partial charge in [0.05, 0.1) is 6.54 Å². The van der Waals surface area contributed by atoms with Gasteiger partial charge in [-0.1, -0.05) is 48.0 Å². The summed E-state index contributed by atoms with van der Waals surface area (Å²) in [5.41, 5.74) is 3.03. The summed E-state index contributed by atoms with van der Waals surface area (Å²) in [5, 5.41) is 2.84. The average Bonchev–Trinajstić information content (AvgIpc) is 2.51. The number of benzene rings is 2. The molecule has 3 nitrogen and oxygen atoms in total. The topological polar surface area (TPSA) is 32.3 Å². The molecule has 0 bridgehead atoms. The van der Waals surface area contributed by atoms with Crippen LogP contribution in [-0.4, -0.2) is 30.9 Å². The van der Waals surface area contributed by atoms with Crippen molar-refractivity contribution in [2.45, 2.75) is 19.9 Å². The van der Waals surface area contributed by atoms with Crippen molar-refractivity contribution < 1.29 is 9.18 Å². The van der Waals surface area contributed by atoms with E-state index in [-0.39, 0.29) is 11.7 Å². The number of likely N-dealkylation sites (N-methyl/N-ethyl adjacent to an activating group) is 1. The summed E-state index contributed by atoms with van der Waals surface area (Å²) in [7, 11) is 1.91. The highest BCUT2D eigenvalue weighted by Crippen LogP contribution is 2.07. The molecule has 1 amide bonds. The number of aryl methyl sites for hydroxylation is 1. The molecule has 0 radical (unpaired) electrons. The number of amides is 1. The average molecular weight is 314 g/mol. The van der Waals surface area contributed by atoms with Crippen LogP contribution in [0.25, 0.3) is 0 Å². The van der Waals surface area contributed by atoms with E-state index in [1.54, 1.807) is 18.2 Å². The number of nitrogens with one attached hydrogen (secondary N) is 1. The maximum absolute atomic E-state index is 13.5. The van der Waals surface area contributed by atoms with E-state index >= 15 is 0 Å². The van der Waals surface area contributed by atoms with Gasteiger partial charge in [0.25, 0.3) is 0 Å². The van der Waals surface area contributed by atoms with Crippen LogP contribution in [0.3, 0.4) is 0 Å². The molecule has 0 saturated heterocycles. The molecule has 0 aliphatic heterocycles. The van der Waals surface area contributed by atoms with Crippen LogP contribution in [0.1, 0.15) is 16.7 Å². The quantitative estimate of drug-likeness (QED) is 0.852. The van der Waals surface area contributed by atoms with E-state index in [0.717, 1.165) is 6.54 Å². The van der Waals surface area contributed by atoms with Gasteiger partial charge < -0.3 is 5.32 Å². The molecule has 0 atom stereocenters. The molecule has 23 heavy (non-hydrogen) atoms. The van der Waals surface area contributed by atoms with Gasteiger partial charge in [-0.2, -0.15) is 0 Å². The molecule has 0 spiro atoms. The Balaban J connectivity index is 1.71. The fourth-order valence-corrected chi connectivity index (χ4v) is 2.40. The maximum Gasteiger partial charge on any atom is 0.234 e. The first-order chi connectivity index (χ1) is 11.0. The van der Waals surface area contributed by atoms with Gasteiger partial charge in [-0.25, -0.2) is 4.39 Å². The van der Waals surface area contributed by atoms with Crippen molar-refractivity contribution >= 4 is 5.91 Å². The molecule has 2 aromatic rings. The van der Waals surface area contributed by atoms with E-state index in [0.29, 0.717) is 25.1 Å². The number of hydrogen-bond donors (Lipinski definition) is 1. The Hall–Kier alpha value is -2.20. The second-order valence-corrected chi connectivity index (χ2v) is 5.85. The monoisotopic (exact) mass is 314 g/mol. The summed E-state index contributed by atoms with van der Waals surface area (Å²) in [5.74, 6) is -0.269. The van der Waals surface area contributed by atoms with E-state index in [4.69, 9.17) is 0 Å². The Morgan fingerprint density at radius 1 is 1.13 bits per heavy atom. The number of hydrogen-bond acceptors (Lipinski definition) is 2. The summed E-state index contributed by atoms with van der Waals surface area (Å²) in [6, 6.07) is 14.9. The smallest absolute Gasteiger partial charge is 0.234 e. The van der Waals surface area contributed by atoms with Crippen molar-refractivity contribution in [2.75, 3.05) is 20.1 Å². The van der Waals surface area contributed by atoms with Crippen LogP contribution in [0.4, 0.5) is 4.39 Å². The molecule has 0 unspecified atom stereocenters. The van der Waals surface area contributed by atoms with Gasteiger partial charge >= 0.3 is 0 Å². The van der Waals surface area contributed by atoms with Gasteiger partial charge in [0.2, 0.25) is 5.91 Å². The lowest BCUT2D eigenvalue weighted by Crippen LogP contribution is -2.35. The van der Waals surface area contributed by atoms with Crippen molar-refractivity contribution in [2.24, 2.45) is 0 Å². The molecule has 0 fully saturated rings. The molecule has 2 aromatic carbocycles. The minimum absolute atomic E-state index is 0.0454. The van der Waals surface area contributed by atoms with Crippen molar-refractivity contribution in [3.8, 4) is 0 Å². The summed E-state index contributed by atoms with van der Waals surface area (Å²) in [4.78, 5) is 13.9. The van der Waals surface area contributed by atoms with Gasteiger partial charge in [0.1, 0.15) is 5.82 Å². The fourth-order valence-electron chi connectivity index (χ4n) is 2.40. The van der Waals surface area contributed by atoms with Gasteiger partial charge in [-0.3, -0.25) is 9.69 Å². The number of nitrogens with zero attached hydrogens (tertiary/aromatic N) is 1. The molecule has 0 saturated carbocycles. The van der Waals surface area contributed by atoms with Crippen LogP contribution in [-0.2, 0) is 17.8 Å². The zero-order valence-electron chi connectivity index (χ0n) is 13.7. The minimum Gasteiger partial charge on any atom is -0.355 e. The molecular weight excluding hydrogens is 291 g/mol. The van der Waals surface area contributed by atoms with Crippen molar-refractivity contribution in [1.29, 1.82) is 0 Å². The van der Waals surface area contributed by atoms with Crippen molar-refractivity contribution in [3.05, 3.63) is 71.0 Å². The van der Waals surface area contributed by atoms with Crippen LogP contribution in [0.5, 0.6) is 0 Å². The van der Waals surface area contributed by atoms with E-state index in [9.17, 15) is 9.18 Å². The first-order valence-corrected chi connectivity index (χ1v) is 7.79. The third-order valence-corrected chi connectivity index (χ3v) is 3.66. The molecule has 2 rings (SSSR count). The number of carbonyl (C=O) groups excluding carboxylic acids is 1. The van der Waals surface area contributed by atoms with Crippen LogP contribution >= 0.6 is 0 Å². The molecule has 0 aromatic heterocycles. The highest BCUT2D eigenvalue weighted by Gasteiger charge is 2.07. The van der Waals surface area contributed by atoms with E-state index in [2.05, 4.69) is 36.5 Å². The zero-order chi connectivity index (χ0) is 16.7. The van der Waals surface area contributed by atoms with Crippen molar-refractivity contribution in [3.63, 3.8) is 0 Å². The number of halogens is 1. The number of rotatable bonds is 7. The normalized spacial score (nSPS) is 10.8. The predicted octanol–water partition coefficient (Wildman–Crippen LogP) is 2.92. The third kappa shape index (κ3) is 5.83.